The zero-order valence-electron chi connectivity index (χ0n) is 12.7. The molecular weight excluding hydrogens is 270 g/mol. The van der Waals surface area contributed by atoms with Gasteiger partial charge in [-0.25, -0.2) is 0 Å². The zero-order chi connectivity index (χ0) is 15.7. The van der Waals surface area contributed by atoms with Crippen molar-refractivity contribution >= 4 is 11.9 Å². The van der Waals surface area contributed by atoms with E-state index in [4.69, 9.17) is 15.2 Å². The summed E-state index contributed by atoms with van der Waals surface area (Å²) in [6.45, 7) is 2.15. The average Bonchev–Trinajstić information content (AvgIpc) is 2.47. The van der Waals surface area contributed by atoms with Gasteiger partial charge in [-0.05, 0) is 24.6 Å². The Balaban J connectivity index is 2.53. The van der Waals surface area contributed by atoms with Crippen LogP contribution < -0.4 is 15.2 Å². The van der Waals surface area contributed by atoms with Crippen LogP contribution in [0.5, 0.6) is 11.5 Å². The van der Waals surface area contributed by atoms with Crippen molar-refractivity contribution < 1.29 is 19.1 Å². The fraction of sp³-hybridized carbons (Fsp3) is 0.500. The lowest BCUT2D eigenvalue weighted by molar-refractivity contribution is -0.134. The molecule has 0 atom stereocenters. The first-order chi connectivity index (χ1) is 10.1. The number of carbonyl (C=O) groups is 2. The Morgan fingerprint density at radius 1 is 1.10 bits per heavy atom. The number of benzene rings is 1. The highest BCUT2D eigenvalue weighted by atomic mass is 16.6. The molecule has 1 aromatic carbocycles. The molecule has 0 aliphatic rings. The topological polar surface area (TPSA) is 78.6 Å². The lowest BCUT2D eigenvalue weighted by Crippen LogP contribution is -2.12. The predicted octanol–water partition coefficient (Wildman–Crippen LogP) is 3.06. The van der Waals surface area contributed by atoms with Crippen LogP contribution in [0.4, 0.5) is 0 Å². The van der Waals surface area contributed by atoms with E-state index in [1.54, 1.807) is 0 Å². The summed E-state index contributed by atoms with van der Waals surface area (Å²) in [6.07, 6.45) is 5.73. The van der Waals surface area contributed by atoms with Crippen LogP contribution in [0.25, 0.3) is 0 Å². The van der Waals surface area contributed by atoms with Crippen molar-refractivity contribution in [2.75, 3.05) is 7.11 Å². The van der Waals surface area contributed by atoms with Crippen molar-refractivity contribution in [2.45, 2.75) is 45.4 Å². The second kappa shape index (κ2) is 9.00. The van der Waals surface area contributed by atoms with Crippen molar-refractivity contribution in [3.8, 4) is 11.5 Å². The summed E-state index contributed by atoms with van der Waals surface area (Å²) < 4.78 is 10.4. The van der Waals surface area contributed by atoms with Crippen LogP contribution in [0.15, 0.2) is 18.2 Å². The maximum atomic E-state index is 11.8. The van der Waals surface area contributed by atoms with Gasteiger partial charge in [-0.3, -0.25) is 9.59 Å². The summed E-state index contributed by atoms with van der Waals surface area (Å²) in [4.78, 5) is 22.9. The van der Waals surface area contributed by atoms with Gasteiger partial charge < -0.3 is 15.2 Å². The second-order valence-corrected chi connectivity index (χ2v) is 4.87. The molecule has 0 unspecified atom stereocenters. The Kier molecular flexibility index (Phi) is 7.29. The minimum atomic E-state index is -0.554. The van der Waals surface area contributed by atoms with Crippen molar-refractivity contribution in [1.29, 1.82) is 0 Å². The molecule has 1 aromatic rings. The number of unbranched alkanes of at least 4 members (excludes halogenated alkanes) is 4. The lowest BCUT2D eigenvalue weighted by Gasteiger charge is -2.10. The van der Waals surface area contributed by atoms with Crippen molar-refractivity contribution in [2.24, 2.45) is 5.73 Å². The van der Waals surface area contributed by atoms with Crippen LogP contribution >= 0.6 is 0 Å². The molecule has 0 aliphatic carbocycles. The Labute approximate surface area is 125 Å². The number of amides is 1. The maximum absolute atomic E-state index is 11.8. The van der Waals surface area contributed by atoms with Crippen molar-refractivity contribution in [3.05, 3.63) is 23.8 Å². The summed E-state index contributed by atoms with van der Waals surface area (Å²) in [5, 5.41) is 0. The first kappa shape index (κ1) is 17.0. The normalized spacial score (nSPS) is 10.2. The highest BCUT2D eigenvalue weighted by molar-refractivity contribution is 5.93. The van der Waals surface area contributed by atoms with Crippen LogP contribution in [0.2, 0.25) is 0 Å². The molecule has 0 saturated heterocycles. The van der Waals surface area contributed by atoms with E-state index < -0.39 is 5.91 Å². The van der Waals surface area contributed by atoms with E-state index in [0.717, 1.165) is 19.3 Å². The molecule has 5 nitrogen and oxygen atoms in total. The van der Waals surface area contributed by atoms with Gasteiger partial charge in [0.2, 0.25) is 5.91 Å². The van der Waals surface area contributed by atoms with Crippen LogP contribution in [-0.4, -0.2) is 19.0 Å². The average molecular weight is 293 g/mol. The number of primary amides is 1. The molecule has 0 radical (unpaired) electrons. The summed E-state index contributed by atoms with van der Waals surface area (Å²) in [5.41, 5.74) is 5.50. The van der Waals surface area contributed by atoms with Crippen molar-refractivity contribution in [1.82, 2.24) is 0 Å². The van der Waals surface area contributed by atoms with E-state index in [1.807, 2.05) is 0 Å². The Morgan fingerprint density at radius 3 is 2.43 bits per heavy atom. The number of ether oxygens (including phenoxy) is 2. The van der Waals surface area contributed by atoms with E-state index >= 15 is 0 Å². The molecule has 0 spiro atoms. The van der Waals surface area contributed by atoms with Gasteiger partial charge in [-0.2, -0.15) is 0 Å². The molecular formula is C16H23NO4. The highest BCUT2D eigenvalue weighted by Gasteiger charge is 2.12. The third kappa shape index (κ3) is 5.85. The summed E-state index contributed by atoms with van der Waals surface area (Å²) >= 11 is 0. The zero-order valence-corrected chi connectivity index (χ0v) is 12.7. The standard InChI is InChI=1S/C16H23NO4/c1-3-4-5-6-7-8-15(18)21-13-10-9-12(16(17)19)11-14(13)20-2/h9-11H,3-8H2,1-2H3,(H2,17,19). The molecule has 0 bridgehead atoms. The van der Waals surface area contributed by atoms with Crippen LogP contribution in [-0.2, 0) is 4.79 Å². The van der Waals surface area contributed by atoms with Gasteiger partial charge in [0.25, 0.3) is 0 Å². The monoisotopic (exact) mass is 293 g/mol. The molecule has 1 rings (SSSR count). The van der Waals surface area contributed by atoms with Crippen LogP contribution in [0, 0.1) is 0 Å². The van der Waals surface area contributed by atoms with E-state index in [1.165, 1.54) is 38.2 Å². The molecule has 1 amide bonds. The minimum absolute atomic E-state index is 0.295. The number of carbonyl (C=O) groups excluding carboxylic acids is 2. The Bertz CT molecular complexity index is 485. The van der Waals surface area contributed by atoms with Crippen molar-refractivity contribution in [3.63, 3.8) is 0 Å². The molecule has 0 fully saturated rings. The first-order valence-corrected chi connectivity index (χ1v) is 7.27. The number of nitrogens with two attached hydrogens (primary N) is 1. The van der Waals surface area contributed by atoms with Gasteiger partial charge in [-0.15, -0.1) is 0 Å². The van der Waals surface area contributed by atoms with E-state index in [-0.39, 0.29) is 5.97 Å². The second-order valence-electron chi connectivity index (χ2n) is 4.87. The molecule has 0 aliphatic heterocycles. The molecule has 0 aromatic heterocycles. The van der Waals surface area contributed by atoms with Gasteiger partial charge in [-0.1, -0.05) is 32.6 Å². The Morgan fingerprint density at radius 2 is 1.81 bits per heavy atom. The minimum Gasteiger partial charge on any atom is -0.493 e. The maximum Gasteiger partial charge on any atom is 0.311 e. The molecule has 0 heterocycles. The van der Waals surface area contributed by atoms with E-state index in [9.17, 15) is 9.59 Å². The van der Waals surface area contributed by atoms with Gasteiger partial charge >= 0.3 is 5.97 Å². The number of hydrogen-bond acceptors (Lipinski definition) is 4. The van der Waals surface area contributed by atoms with E-state index in [0.29, 0.717) is 23.5 Å². The van der Waals surface area contributed by atoms with Crippen LogP contribution in [0.3, 0.4) is 0 Å². The van der Waals surface area contributed by atoms with Gasteiger partial charge in [0.1, 0.15) is 0 Å². The molecule has 116 valence electrons. The number of esters is 1. The van der Waals surface area contributed by atoms with E-state index in [2.05, 4.69) is 6.92 Å². The number of hydrogen-bond donors (Lipinski definition) is 1. The van der Waals surface area contributed by atoms with Gasteiger partial charge in [0.05, 0.1) is 7.11 Å². The fourth-order valence-corrected chi connectivity index (χ4v) is 1.95. The summed E-state index contributed by atoms with van der Waals surface area (Å²) in [7, 11) is 1.45. The van der Waals surface area contributed by atoms with Gasteiger partial charge in [0.15, 0.2) is 11.5 Å². The third-order valence-corrected chi connectivity index (χ3v) is 3.16. The fourth-order valence-electron chi connectivity index (χ4n) is 1.95. The Hall–Kier alpha value is -2.04. The van der Waals surface area contributed by atoms with Gasteiger partial charge in [0, 0.05) is 12.0 Å². The highest BCUT2D eigenvalue weighted by Crippen LogP contribution is 2.28. The first-order valence-electron chi connectivity index (χ1n) is 7.27. The molecule has 5 heteroatoms. The summed E-state index contributed by atoms with van der Waals surface area (Å²) in [6, 6.07) is 4.49. The third-order valence-electron chi connectivity index (χ3n) is 3.16. The summed E-state index contributed by atoms with van der Waals surface area (Å²) in [5.74, 6) is -0.217. The quantitative estimate of drug-likeness (QED) is 0.431. The number of rotatable bonds is 9. The largest absolute Gasteiger partial charge is 0.493 e. The lowest BCUT2D eigenvalue weighted by atomic mass is 10.1. The molecule has 21 heavy (non-hydrogen) atoms. The SMILES string of the molecule is CCCCCCCC(=O)Oc1ccc(C(N)=O)cc1OC. The number of methoxy groups -OCH3 is 1. The smallest absolute Gasteiger partial charge is 0.311 e. The predicted molar refractivity (Wildman–Crippen MR) is 80.5 cm³/mol. The molecule has 0 saturated carbocycles. The van der Waals surface area contributed by atoms with Crippen LogP contribution in [0.1, 0.15) is 55.8 Å². The molecule has 2 N–H and O–H groups in total.